The van der Waals surface area contributed by atoms with Crippen LogP contribution in [0.15, 0.2) is 0 Å². The van der Waals surface area contributed by atoms with E-state index in [0.29, 0.717) is 0 Å². The minimum absolute atomic E-state index is 0.101. The van der Waals surface area contributed by atoms with Crippen molar-refractivity contribution in [2.45, 2.75) is 45.1 Å². The summed E-state index contributed by atoms with van der Waals surface area (Å²) >= 11 is 5.33. The zero-order valence-electron chi connectivity index (χ0n) is 8.50. The highest BCUT2D eigenvalue weighted by Gasteiger charge is 2.20. The van der Waals surface area contributed by atoms with Crippen LogP contribution in [0.3, 0.4) is 0 Å². The quantitative estimate of drug-likeness (QED) is 0.606. The predicted molar refractivity (Wildman–Crippen MR) is 58.8 cm³/mol. The molecule has 2 atom stereocenters. The molecule has 0 amide bonds. The molecule has 5 heteroatoms. The van der Waals surface area contributed by atoms with Crippen LogP contribution in [0.2, 0.25) is 0 Å². The summed E-state index contributed by atoms with van der Waals surface area (Å²) in [7, 11) is -3.24. The summed E-state index contributed by atoms with van der Waals surface area (Å²) in [6.07, 6.45) is 5.31. The first-order valence-electron chi connectivity index (χ1n) is 5.09. The Morgan fingerprint density at radius 3 is 2.64 bits per heavy atom. The molecule has 1 aliphatic carbocycles. The van der Waals surface area contributed by atoms with Crippen LogP contribution in [0.4, 0.5) is 0 Å². The minimum atomic E-state index is -3.24. The van der Waals surface area contributed by atoms with Gasteiger partial charge >= 0.3 is 0 Å². The molecule has 0 spiro atoms. The number of halogens is 1. The molecule has 0 aliphatic heterocycles. The molecule has 2 unspecified atom stereocenters. The summed E-state index contributed by atoms with van der Waals surface area (Å²) in [5.74, 6) is 0.723. The monoisotopic (exact) mass is 239 g/mol. The van der Waals surface area contributed by atoms with E-state index in [-0.39, 0.29) is 11.3 Å². The highest BCUT2D eigenvalue weighted by molar-refractivity contribution is 7.90. The first kappa shape index (κ1) is 12.3. The molecule has 1 rings (SSSR count). The van der Waals surface area contributed by atoms with Crippen LogP contribution in [-0.4, -0.2) is 19.7 Å². The molecule has 0 heterocycles. The lowest BCUT2D eigenvalue weighted by atomic mass is 10.0. The van der Waals surface area contributed by atoms with Crippen LogP contribution >= 0.6 is 11.6 Å². The molecule has 0 radical (unpaired) electrons. The van der Waals surface area contributed by atoms with E-state index in [1.165, 1.54) is 6.42 Å². The summed E-state index contributed by atoms with van der Waals surface area (Å²) < 4.78 is 25.1. The molecule has 0 aromatic rings. The highest BCUT2D eigenvalue weighted by Crippen LogP contribution is 2.22. The van der Waals surface area contributed by atoms with E-state index in [1.807, 2.05) is 0 Å². The van der Waals surface area contributed by atoms with Gasteiger partial charge in [0.1, 0.15) is 5.21 Å². The minimum Gasteiger partial charge on any atom is -0.211 e. The second-order valence-electron chi connectivity index (χ2n) is 4.15. The predicted octanol–water partition coefficient (Wildman–Crippen LogP) is 2.07. The maximum absolute atomic E-state index is 11.2. The summed E-state index contributed by atoms with van der Waals surface area (Å²) in [5.41, 5.74) is 0. The number of rotatable bonds is 3. The van der Waals surface area contributed by atoms with Gasteiger partial charge < -0.3 is 0 Å². The highest BCUT2D eigenvalue weighted by atomic mass is 35.5. The van der Waals surface area contributed by atoms with Crippen LogP contribution in [0.25, 0.3) is 0 Å². The lowest BCUT2D eigenvalue weighted by molar-refractivity contribution is 0.485. The Morgan fingerprint density at radius 2 is 2.00 bits per heavy atom. The smallest absolute Gasteiger partial charge is 0.211 e. The maximum Gasteiger partial charge on any atom is 0.225 e. The number of alkyl halides is 1. The molecule has 3 nitrogen and oxygen atoms in total. The topological polar surface area (TPSA) is 46.2 Å². The number of hydrogen-bond donors (Lipinski definition) is 1. The van der Waals surface area contributed by atoms with Crippen molar-refractivity contribution in [2.75, 3.05) is 5.21 Å². The van der Waals surface area contributed by atoms with Crippen molar-refractivity contribution in [1.29, 1.82) is 0 Å². The van der Waals surface area contributed by atoms with E-state index < -0.39 is 10.0 Å². The van der Waals surface area contributed by atoms with E-state index in [4.69, 9.17) is 11.6 Å². The Bertz CT molecular complexity index is 266. The van der Waals surface area contributed by atoms with Crippen LogP contribution in [0.1, 0.15) is 39.0 Å². The first-order valence-corrected chi connectivity index (χ1v) is 7.28. The van der Waals surface area contributed by atoms with Crippen LogP contribution < -0.4 is 4.72 Å². The fraction of sp³-hybridized carbons (Fsp3) is 1.00. The van der Waals surface area contributed by atoms with Gasteiger partial charge in [0.05, 0.1) is 0 Å². The van der Waals surface area contributed by atoms with Gasteiger partial charge in [0.15, 0.2) is 0 Å². The van der Waals surface area contributed by atoms with Crippen molar-refractivity contribution in [2.24, 2.45) is 5.92 Å². The van der Waals surface area contributed by atoms with E-state index in [2.05, 4.69) is 11.6 Å². The summed E-state index contributed by atoms with van der Waals surface area (Å²) in [4.78, 5) is 0. The molecule has 84 valence electrons. The van der Waals surface area contributed by atoms with Gasteiger partial charge in [-0.2, -0.15) is 0 Å². The second-order valence-corrected chi connectivity index (χ2v) is 6.49. The third-order valence-corrected chi connectivity index (χ3v) is 4.59. The van der Waals surface area contributed by atoms with Gasteiger partial charge in [0.25, 0.3) is 0 Å². The first-order chi connectivity index (χ1) is 6.53. The van der Waals surface area contributed by atoms with Gasteiger partial charge in [-0.15, -0.1) is 11.6 Å². The molecule has 0 saturated heterocycles. The normalized spacial score (nSPS) is 29.9. The largest absolute Gasteiger partial charge is 0.225 e. The van der Waals surface area contributed by atoms with E-state index in [0.717, 1.165) is 31.6 Å². The Kier molecular flexibility index (Phi) is 4.67. The Balaban J connectivity index is 2.45. The van der Waals surface area contributed by atoms with Crippen molar-refractivity contribution in [3.8, 4) is 0 Å². The van der Waals surface area contributed by atoms with Crippen molar-refractivity contribution in [3.05, 3.63) is 0 Å². The van der Waals surface area contributed by atoms with Gasteiger partial charge in [0.2, 0.25) is 10.0 Å². The molecule has 1 N–H and O–H groups in total. The molecular formula is C9H18ClNO2S. The maximum atomic E-state index is 11.2. The van der Waals surface area contributed by atoms with E-state index in [1.54, 1.807) is 0 Å². The molecule has 1 fully saturated rings. The van der Waals surface area contributed by atoms with Gasteiger partial charge in [-0.25, -0.2) is 13.1 Å². The van der Waals surface area contributed by atoms with Crippen molar-refractivity contribution in [1.82, 2.24) is 4.72 Å². The Hall–Kier alpha value is 0.200. The van der Waals surface area contributed by atoms with Gasteiger partial charge in [-0.05, 0) is 25.2 Å². The van der Waals surface area contributed by atoms with Gasteiger partial charge in [0, 0.05) is 6.04 Å². The molecule has 0 aromatic heterocycles. The molecule has 0 aromatic carbocycles. The number of nitrogens with one attached hydrogen (secondary N) is 1. The Labute approximate surface area is 91.3 Å². The number of hydrogen-bond acceptors (Lipinski definition) is 2. The summed E-state index contributed by atoms with van der Waals surface area (Å²) in [6, 6.07) is 0.101. The SMILES string of the molecule is CC1CCCC(NS(=O)(=O)CCl)CC1. The molecule has 0 bridgehead atoms. The van der Waals surface area contributed by atoms with Gasteiger partial charge in [-0.3, -0.25) is 0 Å². The van der Waals surface area contributed by atoms with Crippen LogP contribution in [0, 0.1) is 5.92 Å². The molecular weight excluding hydrogens is 222 g/mol. The van der Waals surface area contributed by atoms with Crippen LogP contribution in [-0.2, 0) is 10.0 Å². The summed E-state index contributed by atoms with van der Waals surface area (Å²) in [5, 5.41) is -0.334. The van der Waals surface area contributed by atoms with E-state index >= 15 is 0 Å². The fourth-order valence-electron chi connectivity index (χ4n) is 1.89. The van der Waals surface area contributed by atoms with Crippen molar-refractivity contribution >= 4 is 21.6 Å². The molecule has 14 heavy (non-hydrogen) atoms. The second kappa shape index (κ2) is 5.33. The lowest BCUT2D eigenvalue weighted by Crippen LogP contribution is -2.35. The average molecular weight is 240 g/mol. The third kappa shape index (κ3) is 4.15. The third-order valence-electron chi connectivity index (χ3n) is 2.75. The van der Waals surface area contributed by atoms with Crippen molar-refractivity contribution < 1.29 is 8.42 Å². The van der Waals surface area contributed by atoms with E-state index in [9.17, 15) is 8.42 Å². The molecule has 1 saturated carbocycles. The Morgan fingerprint density at radius 1 is 1.29 bits per heavy atom. The average Bonchev–Trinajstić information content (AvgIpc) is 2.31. The van der Waals surface area contributed by atoms with Crippen molar-refractivity contribution in [3.63, 3.8) is 0 Å². The number of sulfonamides is 1. The standard InChI is InChI=1S/C9H18ClNO2S/c1-8-3-2-4-9(6-5-8)11-14(12,13)7-10/h8-9,11H,2-7H2,1H3. The van der Waals surface area contributed by atoms with Crippen LogP contribution in [0.5, 0.6) is 0 Å². The lowest BCUT2D eigenvalue weighted by Gasteiger charge is -2.15. The van der Waals surface area contributed by atoms with Gasteiger partial charge in [-0.1, -0.05) is 19.8 Å². The zero-order valence-corrected chi connectivity index (χ0v) is 10.1. The fourth-order valence-corrected chi connectivity index (χ4v) is 2.89. The summed E-state index contributed by atoms with van der Waals surface area (Å²) in [6.45, 7) is 2.22. The molecule has 1 aliphatic rings. The zero-order chi connectivity index (χ0) is 10.6.